The SMILES string of the molecule is CNc1cccc(C2CC2)c1N(Cc1cc(C)ccc1C)N(C)NNC=O. The second kappa shape index (κ2) is 8.41. The fraction of sp³-hybridized carbons (Fsp3) is 0.381. The average Bonchev–Trinajstić information content (AvgIpc) is 3.51. The van der Waals surface area contributed by atoms with Crippen molar-refractivity contribution in [2.24, 2.45) is 0 Å². The summed E-state index contributed by atoms with van der Waals surface area (Å²) in [5.74, 6) is 0.599. The third-order valence-electron chi connectivity index (χ3n) is 5.08. The highest BCUT2D eigenvalue weighted by atomic mass is 16.1. The number of rotatable bonds is 9. The van der Waals surface area contributed by atoms with E-state index in [0.717, 1.165) is 11.4 Å². The first-order chi connectivity index (χ1) is 13.0. The number of benzene rings is 2. The van der Waals surface area contributed by atoms with Crippen LogP contribution in [-0.4, -0.2) is 25.6 Å². The molecule has 0 heterocycles. The van der Waals surface area contributed by atoms with Gasteiger partial charge < -0.3 is 5.32 Å². The van der Waals surface area contributed by atoms with Gasteiger partial charge in [-0.1, -0.05) is 35.9 Å². The summed E-state index contributed by atoms with van der Waals surface area (Å²) in [7, 11) is 3.85. The minimum Gasteiger partial charge on any atom is -0.386 e. The van der Waals surface area contributed by atoms with Gasteiger partial charge in [0, 0.05) is 14.1 Å². The molecule has 6 nitrogen and oxygen atoms in total. The summed E-state index contributed by atoms with van der Waals surface area (Å²) < 4.78 is 0. The van der Waals surface area contributed by atoms with Crippen LogP contribution in [0.15, 0.2) is 36.4 Å². The van der Waals surface area contributed by atoms with Crippen LogP contribution in [0, 0.1) is 13.8 Å². The van der Waals surface area contributed by atoms with Gasteiger partial charge in [0.1, 0.15) is 0 Å². The summed E-state index contributed by atoms with van der Waals surface area (Å²) in [5.41, 5.74) is 12.8. The molecule has 0 radical (unpaired) electrons. The molecule has 0 unspecified atom stereocenters. The van der Waals surface area contributed by atoms with Crippen molar-refractivity contribution in [2.75, 3.05) is 24.4 Å². The summed E-state index contributed by atoms with van der Waals surface area (Å²) in [6.07, 6.45) is 3.08. The quantitative estimate of drug-likeness (QED) is 0.469. The smallest absolute Gasteiger partial charge is 0.222 e. The van der Waals surface area contributed by atoms with Crippen LogP contribution in [0.5, 0.6) is 0 Å². The maximum absolute atomic E-state index is 10.8. The molecule has 6 heteroatoms. The van der Waals surface area contributed by atoms with E-state index in [1.807, 2.05) is 19.2 Å². The Morgan fingerprint density at radius 2 is 1.96 bits per heavy atom. The first-order valence-electron chi connectivity index (χ1n) is 9.38. The Bertz CT molecular complexity index is 803. The summed E-state index contributed by atoms with van der Waals surface area (Å²) in [5, 5.41) is 7.35. The fourth-order valence-electron chi connectivity index (χ4n) is 3.42. The predicted octanol–water partition coefficient (Wildman–Crippen LogP) is 3.24. The van der Waals surface area contributed by atoms with Gasteiger partial charge in [-0.25, -0.2) is 0 Å². The minimum absolute atomic E-state index is 0.599. The van der Waals surface area contributed by atoms with Gasteiger partial charge in [-0.05, 0) is 55.4 Å². The van der Waals surface area contributed by atoms with Crippen molar-refractivity contribution in [1.29, 1.82) is 0 Å². The van der Waals surface area contributed by atoms with E-state index in [9.17, 15) is 4.79 Å². The number of aryl methyl sites for hydroxylation is 2. The zero-order valence-electron chi connectivity index (χ0n) is 16.5. The van der Waals surface area contributed by atoms with Gasteiger partial charge in [-0.3, -0.25) is 15.2 Å². The van der Waals surface area contributed by atoms with E-state index in [1.54, 1.807) is 0 Å². The topological polar surface area (TPSA) is 59.6 Å². The zero-order valence-corrected chi connectivity index (χ0v) is 16.5. The van der Waals surface area contributed by atoms with E-state index in [-0.39, 0.29) is 0 Å². The lowest BCUT2D eigenvalue weighted by Crippen LogP contribution is -2.54. The summed E-state index contributed by atoms with van der Waals surface area (Å²) in [4.78, 5) is 10.8. The number of hydrogen-bond acceptors (Lipinski definition) is 5. The molecule has 0 spiro atoms. The van der Waals surface area contributed by atoms with Crippen LogP contribution in [-0.2, 0) is 11.3 Å². The van der Waals surface area contributed by atoms with E-state index >= 15 is 0 Å². The number of carbonyl (C=O) groups is 1. The Morgan fingerprint density at radius 1 is 1.19 bits per heavy atom. The predicted molar refractivity (Wildman–Crippen MR) is 110 cm³/mol. The molecule has 27 heavy (non-hydrogen) atoms. The Labute approximate surface area is 161 Å². The zero-order chi connectivity index (χ0) is 19.4. The normalized spacial score (nSPS) is 13.5. The van der Waals surface area contributed by atoms with Gasteiger partial charge in [0.25, 0.3) is 0 Å². The van der Waals surface area contributed by atoms with Gasteiger partial charge in [0.05, 0.1) is 17.9 Å². The van der Waals surface area contributed by atoms with Crippen molar-refractivity contribution in [3.63, 3.8) is 0 Å². The minimum atomic E-state index is 0.599. The molecule has 2 aromatic carbocycles. The van der Waals surface area contributed by atoms with E-state index in [2.05, 4.69) is 71.5 Å². The molecular weight excluding hydrogens is 338 g/mol. The molecule has 2 aromatic rings. The molecule has 144 valence electrons. The van der Waals surface area contributed by atoms with Crippen molar-refractivity contribution in [2.45, 2.75) is 39.2 Å². The second-order valence-corrected chi connectivity index (χ2v) is 7.15. The van der Waals surface area contributed by atoms with Crippen LogP contribution in [0.4, 0.5) is 11.4 Å². The molecule has 0 atom stereocenters. The molecule has 0 aromatic heterocycles. The van der Waals surface area contributed by atoms with Gasteiger partial charge in [0.15, 0.2) is 0 Å². The lowest BCUT2D eigenvalue weighted by Gasteiger charge is -2.36. The van der Waals surface area contributed by atoms with Crippen LogP contribution >= 0.6 is 0 Å². The van der Waals surface area contributed by atoms with Crippen molar-refractivity contribution in [3.05, 3.63) is 58.7 Å². The van der Waals surface area contributed by atoms with E-state index < -0.39 is 0 Å². The molecule has 0 bridgehead atoms. The van der Waals surface area contributed by atoms with E-state index in [1.165, 1.54) is 35.1 Å². The molecule has 0 aliphatic heterocycles. The highest BCUT2D eigenvalue weighted by Crippen LogP contribution is 2.47. The fourth-order valence-corrected chi connectivity index (χ4v) is 3.42. The Morgan fingerprint density at radius 3 is 2.63 bits per heavy atom. The maximum atomic E-state index is 10.8. The lowest BCUT2D eigenvalue weighted by molar-refractivity contribution is -0.111. The standard InChI is InChI=1S/C21H29N5O/c1-15-8-9-16(2)18(12-15)13-26(25(4)24-23-14-27)21-19(17-10-11-17)6-5-7-20(21)22-3/h5-9,12,14,17,22,24H,10-11,13H2,1-4H3,(H,23,27). The van der Waals surface area contributed by atoms with Crippen LogP contribution < -0.4 is 21.3 Å². The van der Waals surface area contributed by atoms with Crippen molar-refractivity contribution in [3.8, 4) is 0 Å². The van der Waals surface area contributed by atoms with Crippen molar-refractivity contribution in [1.82, 2.24) is 16.1 Å². The van der Waals surface area contributed by atoms with Crippen LogP contribution in [0.1, 0.15) is 41.0 Å². The highest BCUT2D eigenvalue weighted by molar-refractivity contribution is 5.74. The number of amides is 1. The largest absolute Gasteiger partial charge is 0.386 e. The van der Waals surface area contributed by atoms with Gasteiger partial charge >= 0.3 is 0 Å². The molecule has 3 rings (SSSR count). The highest BCUT2D eigenvalue weighted by Gasteiger charge is 2.30. The van der Waals surface area contributed by atoms with Crippen LogP contribution in [0.2, 0.25) is 0 Å². The summed E-state index contributed by atoms with van der Waals surface area (Å²) in [6.45, 7) is 4.94. The molecule has 1 saturated carbocycles. The number of hydrazine groups is 3. The second-order valence-electron chi connectivity index (χ2n) is 7.15. The van der Waals surface area contributed by atoms with E-state index in [4.69, 9.17) is 0 Å². The monoisotopic (exact) mass is 367 g/mol. The van der Waals surface area contributed by atoms with Crippen molar-refractivity contribution >= 4 is 17.8 Å². The molecule has 3 N–H and O–H groups in total. The van der Waals surface area contributed by atoms with Crippen LogP contribution in [0.25, 0.3) is 0 Å². The number of nitrogens with one attached hydrogen (secondary N) is 3. The van der Waals surface area contributed by atoms with Gasteiger partial charge in [-0.2, -0.15) is 0 Å². The van der Waals surface area contributed by atoms with E-state index in [0.29, 0.717) is 18.9 Å². The molecule has 0 saturated heterocycles. The first-order valence-corrected chi connectivity index (χ1v) is 9.38. The van der Waals surface area contributed by atoms with Crippen LogP contribution in [0.3, 0.4) is 0 Å². The Kier molecular flexibility index (Phi) is 5.98. The number of para-hydroxylation sites is 1. The molecule has 1 fully saturated rings. The third kappa shape index (κ3) is 4.40. The maximum Gasteiger partial charge on any atom is 0.222 e. The molecule has 1 aliphatic rings. The number of nitrogens with zero attached hydrogens (tertiary/aromatic N) is 2. The van der Waals surface area contributed by atoms with Crippen molar-refractivity contribution < 1.29 is 4.79 Å². The summed E-state index contributed by atoms with van der Waals surface area (Å²) >= 11 is 0. The number of hydrogen-bond donors (Lipinski definition) is 3. The summed E-state index contributed by atoms with van der Waals surface area (Å²) in [6, 6.07) is 12.9. The first kappa shape index (κ1) is 19.2. The lowest BCUT2D eigenvalue weighted by atomic mass is 10.0. The molecule has 1 amide bonds. The average molecular weight is 367 g/mol. The molecular formula is C21H29N5O. The van der Waals surface area contributed by atoms with Gasteiger partial charge in [0.2, 0.25) is 6.41 Å². The van der Waals surface area contributed by atoms with Gasteiger partial charge in [-0.15, -0.1) is 10.7 Å². The third-order valence-corrected chi connectivity index (χ3v) is 5.08. The number of anilines is 2. The molecule has 1 aliphatic carbocycles. The Hall–Kier alpha value is -2.57. The number of carbonyl (C=O) groups excluding carboxylic acids is 1. The Balaban J connectivity index is 2.04.